The number of aromatic amines is 1. The lowest BCUT2D eigenvalue weighted by atomic mass is 10.2. The molecule has 2 N–H and O–H groups in total. The number of rotatable bonds is 3. The zero-order chi connectivity index (χ0) is 13.8. The maximum atomic E-state index is 13.6. The van der Waals surface area contributed by atoms with Crippen LogP contribution in [0.2, 0.25) is 5.02 Å². The predicted octanol–water partition coefficient (Wildman–Crippen LogP) is 2.73. The largest absolute Gasteiger partial charge is 0.357 e. The van der Waals surface area contributed by atoms with Crippen molar-refractivity contribution >= 4 is 38.8 Å². The fourth-order valence-corrected chi connectivity index (χ4v) is 1.76. The summed E-state index contributed by atoms with van der Waals surface area (Å²) in [6, 6.07) is 4.59. The molecule has 96 valence electrons. The van der Waals surface area contributed by atoms with Gasteiger partial charge in [-0.2, -0.15) is 10.5 Å². The van der Waals surface area contributed by atoms with Crippen molar-refractivity contribution in [3.05, 3.63) is 39.5 Å². The maximum absolute atomic E-state index is 13.6. The molecule has 0 atom stereocenters. The number of hydrogen-bond donors (Lipinski definition) is 2. The summed E-state index contributed by atoms with van der Waals surface area (Å²) in [5.74, 6) is -0.448. The van der Waals surface area contributed by atoms with E-state index in [4.69, 9.17) is 16.9 Å². The Bertz CT molecular complexity index is 663. The second-order valence-electron chi connectivity index (χ2n) is 3.27. The summed E-state index contributed by atoms with van der Waals surface area (Å²) in [6.07, 6.45) is 1.25. The van der Waals surface area contributed by atoms with Gasteiger partial charge >= 0.3 is 0 Å². The van der Waals surface area contributed by atoms with Gasteiger partial charge in [0.2, 0.25) is 5.82 Å². The summed E-state index contributed by atoms with van der Waals surface area (Å²) < 4.78 is 14.1. The van der Waals surface area contributed by atoms with Crippen molar-refractivity contribution in [2.24, 2.45) is 0 Å². The van der Waals surface area contributed by atoms with Gasteiger partial charge in [-0.1, -0.05) is 11.6 Å². The van der Waals surface area contributed by atoms with Crippen LogP contribution in [0.3, 0.4) is 0 Å². The minimum absolute atomic E-state index is 0.0484. The Morgan fingerprint density at radius 1 is 1.58 bits per heavy atom. The Hall–Kier alpha value is -1.98. The van der Waals surface area contributed by atoms with Gasteiger partial charge in [-0.3, -0.25) is 0 Å². The van der Waals surface area contributed by atoms with Crippen molar-refractivity contribution in [2.45, 2.75) is 0 Å². The molecule has 1 aromatic heterocycles. The van der Waals surface area contributed by atoms with Crippen LogP contribution in [0.5, 0.6) is 0 Å². The third-order valence-corrected chi connectivity index (χ3v) is 3.39. The predicted molar refractivity (Wildman–Crippen MR) is 70.5 cm³/mol. The van der Waals surface area contributed by atoms with E-state index in [9.17, 15) is 4.39 Å². The van der Waals surface area contributed by atoms with Crippen molar-refractivity contribution in [3.63, 3.8) is 0 Å². The highest BCUT2D eigenvalue weighted by atomic mass is 79.9. The molecule has 0 bridgehead atoms. The smallest absolute Gasteiger partial charge is 0.216 e. The lowest BCUT2D eigenvalue weighted by molar-refractivity contribution is 0.631. The molecule has 0 radical (unpaired) electrons. The Balaban J connectivity index is 2.32. The van der Waals surface area contributed by atoms with Crippen LogP contribution < -0.4 is 5.32 Å². The van der Waals surface area contributed by atoms with Gasteiger partial charge in [0.15, 0.2) is 0 Å². The first-order valence-electron chi connectivity index (χ1n) is 4.87. The second-order valence-corrected chi connectivity index (χ2v) is 4.50. The molecule has 2 rings (SSSR count). The Morgan fingerprint density at radius 3 is 3.00 bits per heavy atom. The van der Waals surface area contributed by atoms with E-state index < -0.39 is 5.82 Å². The van der Waals surface area contributed by atoms with Crippen molar-refractivity contribution in [3.8, 4) is 6.07 Å². The summed E-state index contributed by atoms with van der Waals surface area (Å²) in [7, 11) is 0. The standard InChI is InChI=1S/C10H5BrClFN6/c11-6-1-2-7(13)9(8(6)12)15-4-5(3-14)10-16-18-19-17-10/h1-2,4,15H,(H,16,17,18,19). The van der Waals surface area contributed by atoms with Crippen molar-refractivity contribution in [1.82, 2.24) is 20.6 Å². The summed E-state index contributed by atoms with van der Waals surface area (Å²) in [4.78, 5) is 0. The first-order chi connectivity index (χ1) is 9.13. The van der Waals surface area contributed by atoms with Crippen LogP contribution in [-0.2, 0) is 0 Å². The molecule has 0 fully saturated rings. The molecule has 0 saturated carbocycles. The van der Waals surface area contributed by atoms with E-state index in [1.54, 1.807) is 0 Å². The van der Waals surface area contributed by atoms with Gasteiger partial charge in [0.05, 0.1) is 10.7 Å². The highest BCUT2D eigenvalue weighted by molar-refractivity contribution is 9.10. The summed E-state index contributed by atoms with van der Waals surface area (Å²) in [5, 5.41) is 24.6. The molecule has 19 heavy (non-hydrogen) atoms. The van der Waals surface area contributed by atoms with Gasteiger partial charge in [0, 0.05) is 10.7 Å². The van der Waals surface area contributed by atoms with Gasteiger partial charge in [-0.05, 0) is 33.3 Å². The van der Waals surface area contributed by atoms with Crippen LogP contribution in [0.15, 0.2) is 22.8 Å². The second kappa shape index (κ2) is 5.77. The molecular weight excluding hydrogens is 339 g/mol. The number of allylic oxidation sites excluding steroid dienone is 1. The molecule has 0 aliphatic rings. The number of tetrazole rings is 1. The van der Waals surface area contributed by atoms with Crippen molar-refractivity contribution in [2.75, 3.05) is 5.32 Å². The summed E-state index contributed by atoms with van der Waals surface area (Å²) in [6.45, 7) is 0. The number of halogens is 3. The van der Waals surface area contributed by atoms with Gasteiger partial charge in [0.1, 0.15) is 17.5 Å². The lowest BCUT2D eigenvalue weighted by Crippen LogP contribution is -1.96. The minimum atomic E-state index is -0.546. The zero-order valence-electron chi connectivity index (χ0n) is 9.15. The fraction of sp³-hybridized carbons (Fsp3) is 0. The van der Waals surface area contributed by atoms with Crippen LogP contribution in [0.4, 0.5) is 10.1 Å². The molecule has 9 heteroatoms. The van der Waals surface area contributed by atoms with Crippen LogP contribution in [0.1, 0.15) is 5.82 Å². The molecule has 0 unspecified atom stereocenters. The van der Waals surface area contributed by atoms with E-state index in [1.165, 1.54) is 18.3 Å². The average molecular weight is 344 g/mol. The molecule has 0 spiro atoms. The molecule has 0 saturated heterocycles. The quantitative estimate of drug-likeness (QED) is 0.660. The third kappa shape index (κ3) is 2.89. The van der Waals surface area contributed by atoms with E-state index >= 15 is 0 Å². The number of anilines is 1. The van der Waals surface area contributed by atoms with Gasteiger partial charge in [-0.15, -0.1) is 10.2 Å². The maximum Gasteiger partial charge on any atom is 0.216 e. The Kier molecular flexibility index (Phi) is 4.09. The molecule has 6 nitrogen and oxygen atoms in total. The fourth-order valence-electron chi connectivity index (χ4n) is 1.23. The summed E-state index contributed by atoms with van der Waals surface area (Å²) >= 11 is 9.12. The van der Waals surface area contributed by atoms with Gasteiger partial charge in [0.25, 0.3) is 0 Å². The number of nitrogens with one attached hydrogen (secondary N) is 2. The number of aromatic nitrogens is 4. The first kappa shape index (κ1) is 13.5. The third-order valence-electron chi connectivity index (χ3n) is 2.11. The first-order valence-corrected chi connectivity index (χ1v) is 6.04. The van der Waals surface area contributed by atoms with E-state index in [1.807, 2.05) is 6.07 Å². The van der Waals surface area contributed by atoms with E-state index in [-0.39, 0.29) is 22.1 Å². The molecule has 0 amide bonds. The van der Waals surface area contributed by atoms with Gasteiger partial charge in [-0.25, -0.2) is 4.39 Å². The van der Waals surface area contributed by atoms with E-state index in [2.05, 4.69) is 41.9 Å². The van der Waals surface area contributed by atoms with Crippen LogP contribution in [0.25, 0.3) is 5.57 Å². The number of benzene rings is 1. The normalized spacial score (nSPS) is 11.2. The monoisotopic (exact) mass is 342 g/mol. The van der Waals surface area contributed by atoms with Crippen LogP contribution in [-0.4, -0.2) is 20.6 Å². The Labute approximate surface area is 120 Å². The molecule has 1 aromatic carbocycles. The van der Waals surface area contributed by atoms with E-state index in [0.717, 1.165) is 0 Å². The number of hydrogen-bond acceptors (Lipinski definition) is 5. The molecular formula is C10H5BrClFN6. The minimum Gasteiger partial charge on any atom is -0.357 e. The average Bonchev–Trinajstić information content (AvgIpc) is 2.92. The highest BCUT2D eigenvalue weighted by Gasteiger charge is 2.11. The Morgan fingerprint density at radius 2 is 2.37 bits per heavy atom. The van der Waals surface area contributed by atoms with Crippen molar-refractivity contribution in [1.29, 1.82) is 5.26 Å². The molecule has 0 aliphatic heterocycles. The summed E-state index contributed by atoms with van der Waals surface area (Å²) in [5.41, 5.74) is 0.136. The van der Waals surface area contributed by atoms with E-state index in [0.29, 0.717) is 4.47 Å². The number of nitriles is 1. The zero-order valence-corrected chi connectivity index (χ0v) is 11.5. The van der Waals surface area contributed by atoms with Crippen LogP contribution >= 0.6 is 27.5 Å². The van der Waals surface area contributed by atoms with Crippen molar-refractivity contribution < 1.29 is 4.39 Å². The SMILES string of the molecule is N#CC(=CNc1c(F)ccc(Br)c1Cl)c1nn[nH]n1. The number of nitrogens with zero attached hydrogens (tertiary/aromatic N) is 4. The molecule has 0 aliphatic carbocycles. The molecule has 2 aromatic rings. The topological polar surface area (TPSA) is 90.3 Å². The highest BCUT2D eigenvalue weighted by Crippen LogP contribution is 2.32. The van der Waals surface area contributed by atoms with Crippen LogP contribution in [0, 0.1) is 17.1 Å². The lowest BCUT2D eigenvalue weighted by Gasteiger charge is -2.07. The van der Waals surface area contributed by atoms with Gasteiger partial charge < -0.3 is 5.32 Å². The molecule has 1 heterocycles. The number of H-pyrrole nitrogens is 1.